The second-order valence-electron chi connectivity index (χ2n) is 6.00. The van der Waals surface area contributed by atoms with Crippen molar-refractivity contribution in [3.8, 4) is 0 Å². The van der Waals surface area contributed by atoms with Crippen LogP contribution in [0.4, 0.5) is 0 Å². The molecule has 1 saturated carbocycles. The van der Waals surface area contributed by atoms with Gasteiger partial charge >= 0.3 is 0 Å². The Balaban J connectivity index is 1.90. The molecule has 2 aliphatic rings. The first-order valence-corrected chi connectivity index (χ1v) is 7.10. The van der Waals surface area contributed by atoms with Crippen molar-refractivity contribution in [2.75, 3.05) is 19.7 Å². The second kappa shape index (κ2) is 5.50. The van der Waals surface area contributed by atoms with Gasteiger partial charge in [-0.05, 0) is 64.5 Å². The topological polar surface area (TPSA) is 23.5 Å². The van der Waals surface area contributed by atoms with Crippen molar-refractivity contribution in [2.45, 2.75) is 63.8 Å². The molecule has 1 unspecified atom stereocenters. The Bertz CT molecular complexity index is 213. The van der Waals surface area contributed by atoms with Crippen LogP contribution < -0.4 is 0 Å². The Hall–Kier alpha value is -0.0800. The lowest BCUT2D eigenvalue weighted by Crippen LogP contribution is -2.44. The molecule has 1 aliphatic heterocycles. The van der Waals surface area contributed by atoms with Crippen LogP contribution >= 0.6 is 0 Å². The van der Waals surface area contributed by atoms with Crippen LogP contribution in [0.3, 0.4) is 0 Å². The highest BCUT2D eigenvalue weighted by molar-refractivity contribution is 4.91. The lowest BCUT2D eigenvalue weighted by atomic mass is 9.89. The Kier molecular flexibility index (Phi) is 4.26. The summed E-state index contributed by atoms with van der Waals surface area (Å²) >= 11 is 0. The SMILES string of the molecule is C[C@]1(N2CCCC2)CCCC(CCO)CC1. The average molecular weight is 225 g/mol. The first-order valence-electron chi connectivity index (χ1n) is 7.10. The molecule has 0 aromatic carbocycles. The van der Waals surface area contributed by atoms with Gasteiger partial charge in [-0.25, -0.2) is 0 Å². The second-order valence-corrected chi connectivity index (χ2v) is 6.00. The van der Waals surface area contributed by atoms with E-state index in [4.69, 9.17) is 5.11 Å². The highest BCUT2D eigenvalue weighted by Crippen LogP contribution is 2.37. The maximum Gasteiger partial charge on any atom is 0.0433 e. The van der Waals surface area contributed by atoms with Crippen LogP contribution in [0.2, 0.25) is 0 Å². The molecule has 2 fully saturated rings. The smallest absolute Gasteiger partial charge is 0.0433 e. The Labute approximate surface area is 100 Å². The van der Waals surface area contributed by atoms with E-state index in [1.165, 1.54) is 58.0 Å². The number of hydrogen-bond donors (Lipinski definition) is 1. The maximum absolute atomic E-state index is 9.04. The lowest BCUT2D eigenvalue weighted by Gasteiger charge is -2.38. The van der Waals surface area contributed by atoms with E-state index >= 15 is 0 Å². The fraction of sp³-hybridized carbons (Fsp3) is 1.00. The van der Waals surface area contributed by atoms with Gasteiger partial charge in [-0.1, -0.05) is 12.8 Å². The molecule has 0 amide bonds. The van der Waals surface area contributed by atoms with Gasteiger partial charge in [0.25, 0.3) is 0 Å². The highest BCUT2D eigenvalue weighted by Gasteiger charge is 2.35. The zero-order valence-corrected chi connectivity index (χ0v) is 10.7. The molecule has 0 spiro atoms. The average Bonchev–Trinajstić information content (AvgIpc) is 2.74. The first kappa shape index (κ1) is 12.4. The molecule has 0 aromatic heterocycles. The van der Waals surface area contributed by atoms with E-state index in [1.807, 2.05) is 0 Å². The number of likely N-dealkylation sites (tertiary alicyclic amines) is 1. The molecule has 1 heterocycles. The monoisotopic (exact) mass is 225 g/mol. The minimum absolute atomic E-state index is 0.380. The predicted octanol–water partition coefficient (Wildman–Crippen LogP) is 2.80. The van der Waals surface area contributed by atoms with Crippen LogP contribution in [0.25, 0.3) is 0 Å². The maximum atomic E-state index is 9.04. The van der Waals surface area contributed by atoms with Crippen molar-refractivity contribution in [1.82, 2.24) is 4.90 Å². The number of hydrogen-bond acceptors (Lipinski definition) is 2. The van der Waals surface area contributed by atoms with Gasteiger partial charge < -0.3 is 5.11 Å². The summed E-state index contributed by atoms with van der Waals surface area (Å²) in [6.07, 6.45) is 10.6. The summed E-state index contributed by atoms with van der Waals surface area (Å²) in [5, 5.41) is 9.04. The number of aliphatic hydroxyl groups is 1. The highest BCUT2D eigenvalue weighted by atomic mass is 16.3. The number of nitrogens with zero attached hydrogens (tertiary/aromatic N) is 1. The van der Waals surface area contributed by atoms with Crippen molar-refractivity contribution in [3.05, 3.63) is 0 Å². The predicted molar refractivity (Wildman–Crippen MR) is 67.5 cm³/mol. The van der Waals surface area contributed by atoms with Crippen LogP contribution in [0, 0.1) is 5.92 Å². The molecule has 94 valence electrons. The van der Waals surface area contributed by atoms with Gasteiger partial charge in [0.1, 0.15) is 0 Å². The van der Waals surface area contributed by atoms with Crippen LogP contribution in [0.5, 0.6) is 0 Å². The van der Waals surface area contributed by atoms with Crippen LogP contribution in [0.15, 0.2) is 0 Å². The van der Waals surface area contributed by atoms with Gasteiger partial charge in [0.15, 0.2) is 0 Å². The van der Waals surface area contributed by atoms with Crippen molar-refractivity contribution < 1.29 is 5.11 Å². The normalized spacial score (nSPS) is 37.5. The standard InChI is InChI=1S/C14H27NO/c1-14(15-10-2-3-11-15)8-4-5-13(6-9-14)7-12-16/h13,16H,2-12H2,1H3/t13?,14-/m0/s1. The fourth-order valence-electron chi connectivity index (χ4n) is 3.60. The molecule has 0 aromatic rings. The molecule has 1 N–H and O–H groups in total. The van der Waals surface area contributed by atoms with Crippen molar-refractivity contribution in [2.24, 2.45) is 5.92 Å². The van der Waals surface area contributed by atoms with Crippen LogP contribution in [-0.4, -0.2) is 35.2 Å². The Morgan fingerprint density at radius 2 is 1.88 bits per heavy atom. The van der Waals surface area contributed by atoms with E-state index in [-0.39, 0.29) is 0 Å². The van der Waals surface area contributed by atoms with Crippen molar-refractivity contribution in [3.63, 3.8) is 0 Å². The third-order valence-corrected chi connectivity index (χ3v) is 4.83. The Morgan fingerprint density at radius 1 is 1.12 bits per heavy atom. The third-order valence-electron chi connectivity index (χ3n) is 4.83. The van der Waals surface area contributed by atoms with E-state index in [0.29, 0.717) is 12.1 Å². The number of aliphatic hydroxyl groups excluding tert-OH is 1. The van der Waals surface area contributed by atoms with Crippen LogP contribution in [-0.2, 0) is 0 Å². The van der Waals surface area contributed by atoms with Crippen LogP contribution in [0.1, 0.15) is 58.3 Å². The molecule has 1 aliphatic carbocycles. The molecule has 0 radical (unpaired) electrons. The molecule has 2 nitrogen and oxygen atoms in total. The molecule has 16 heavy (non-hydrogen) atoms. The molecule has 2 rings (SSSR count). The molecule has 2 heteroatoms. The summed E-state index contributed by atoms with van der Waals surface area (Å²) in [5.41, 5.74) is 0.473. The quantitative estimate of drug-likeness (QED) is 0.747. The summed E-state index contributed by atoms with van der Waals surface area (Å²) in [6.45, 7) is 5.49. The summed E-state index contributed by atoms with van der Waals surface area (Å²) in [7, 11) is 0. The summed E-state index contributed by atoms with van der Waals surface area (Å²) in [6, 6.07) is 0. The summed E-state index contributed by atoms with van der Waals surface area (Å²) < 4.78 is 0. The summed E-state index contributed by atoms with van der Waals surface area (Å²) in [4.78, 5) is 2.73. The Morgan fingerprint density at radius 3 is 2.56 bits per heavy atom. The van der Waals surface area contributed by atoms with Crippen molar-refractivity contribution in [1.29, 1.82) is 0 Å². The fourth-order valence-corrected chi connectivity index (χ4v) is 3.60. The van der Waals surface area contributed by atoms with E-state index in [0.717, 1.165) is 12.3 Å². The molecular weight excluding hydrogens is 198 g/mol. The third kappa shape index (κ3) is 2.78. The van der Waals surface area contributed by atoms with Gasteiger partial charge in [-0.15, -0.1) is 0 Å². The summed E-state index contributed by atoms with van der Waals surface area (Å²) in [5.74, 6) is 0.787. The van der Waals surface area contributed by atoms with Crippen molar-refractivity contribution >= 4 is 0 Å². The molecular formula is C14H27NO. The first-order chi connectivity index (χ1) is 7.74. The zero-order valence-electron chi connectivity index (χ0n) is 10.7. The van der Waals surface area contributed by atoms with Gasteiger partial charge in [-0.3, -0.25) is 4.90 Å². The minimum Gasteiger partial charge on any atom is -0.396 e. The largest absolute Gasteiger partial charge is 0.396 e. The zero-order chi connectivity index (χ0) is 11.4. The van der Waals surface area contributed by atoms with E-state index < -0.39 is 0 Å². The molecule has 2 atom stereocenters. The van der Waals surface area contributed by atoms with E-state index in [2.05, 4.69) is 11.8 Å². The lowest BCUT2D eigenvalue weighted by molar-refractivity contribution is 0.114. The van der Waals surface area contributed by atoms with Gasteiger partial charge in [0.05, 0.1) is 0 Å². The van der Waals surface area contributed by atoms with Gasteiger partial charge in [-0.2, -0.15) is 0 Å². The number of rotatable bonds is 3. The molecule has 1 saturated heterocycles. The van der Waals surface area contributed by atoms with Gasteiger partial charge in [0.2, 0.25) is 0 Å². The van der Waals surface area contributed by atoms with Gasteiger partial charge in [0, 0.05) is 12.1 Å². The van der Waals surface area contributed by atoms with E-state index in [1.54, 1.807) is 0 Å². The van der Waals surface area contributed by atoms with E-state index in [9.17, 15) is 0 Å². The molecule has 0 bridgehead atoms. The minimum atomic E-state index is 0.380.